The quantitative estimate of drug-likeness (QED) is 0.770. The molecule has 3 nitrogen and oxygen atoms in total. The topological polar surface area (TPSA) is 38.3 Å². The van der Waals surface area contributed by atoms with Crippen molar-refractivity contribution in [1.29, 1.82) is 0 Å². The van der Waals surface area contributed by atoms with E-state index in [1.807, 2.05) is 25.1 Å². The first-order chi connectivity index (χ1) is 8.08. The zero-order chi connectivity index (χ0) is 12.8. The van der Waals surface area contributed by atoms with Crippen molar-refractivity contribution >= 4 is 5.78 Å². The van der Waals surface area contributed by atoms with Gasteiger partial charge >= 0.3 is 0 Å². The van der Waals surface area contributed by atoms with Gasteiger partial charge in [-0.3, -0.25) is 4.79 Å². The molecule has 94 valence electrons. The molecule has 0 fully saturated rings. The number of benzene rings is 1. The highest BCUT2D eigenvalue weighted by atomic mass is 16.5. The van der Waals surface area contributed by atoms with Gasteiger partial charge in [-0.1, -0.05) is 18.6 Å². The van der Waals surface area contributed by atoms with Crippen LogP contribution in [0.4, 0.5) is 0 Å². The monoisotopic (exact) mass is 235 g/mol. The number of rotatable bonds is 6. The van der Waals surface area contributed by atoms with Crippen LogP contribution in [-0.2, 0) is 0 Å². The molecule has 0 saturated heterocycles. The Morgan fingerprint density at radius 1 is 1.47 bits per heavy atom. The Labute approximate surface area is 103 Å². The number of aryl methyl sites for hydroxylation is 1. The van der Waals surface area contributed by atoms with Crippen LogP contribution in [0.25, 0.3) is 0 Å². The molecule has 0 aliphatic carbocycles. The molecule has 0 aromatic heterocycles. The van der Waals surface area contributed by atoms with Gasteiger partial charge in [0.2, 0.25) is 0 Å². The molecule has 0 amide bonds. The summed E-state index contributed by atoms with van der Waals surface area (Å²) in [5.41, 5.74) is 1.72. The Hall–Kier alpha value is -1.35. The summed E-state index contributed by atoms with van der Waals surface area (Å²) < 4.78 is 5.21. The van der Waals surface area contributed by atoms with Crippen molar-refractivity contribution < 1.29 is 9.53 Å². The lowest BCUT2D eigenvalue weighted by Gasteiger charge is -2.12. The van der Waals surface area contributed by atoms with Gasteiger partial charge in [-0.25, -0.2) is 0 Å². The summed E-state index contributed by atoms with van der Waals surface area (Å²) in [5, 5.41) is 3.20. The zero-order valence-electron chi connectivity index (χ0n) is 11.0. The molecule has 1 rings (SSSR count). The number of carbonyl (C=O) groups excluding carboxylic acids is 1. The summed E-state index contributed by atoms with van der Waals surface area (Å²) in [6, 6.07) is 6.01. The molecule has 0 aliphatic rings. The van der Waals surface area contributed by atoms with Crippen LogP contribution in [-0.4, -0.2) is 25.5 Å². The van der Waals surface area contributed by atoms with E-state index in [4.69, 9.17) is 4.74 Å². The van der Waals surface area contributed by atoms with Crippen LogP contribution >= 0.6 is 0 Å². The van der Waals surface area contributed by atoms with Crippen molar-refractivity contribution in [3.8, 4) is 5.75 Å². The number of hydrogen-bond donors (Lipinski definition) is 1. The average Bonchev–Trinajstić information content (AvgIpc) is 2.35. The highest BCUT2D eigenvalue weighted by molar-refractivity contribution is 6.00. The minimum Gasteiger partial charge on any atom is -0.496 e. The van der Waals surface area contributed by atoms with E-state index in [9.17, 15) is 4.79 Å². The molecule has 0 heterocycles. The van der Waals surface area contributed by atoms with Crippen molar-refractivity contribution in [2.45, 2.75) is 33.2 Å². The zero-order valence-corrected chi connectivity index (χ0v) is 11.0. The number of ether oxygens (including phenoxy) is 1. The minimum absolute atomic E-state index is 0.0749. The van der Waals surface area contributed by atoms with Gasteiger partial charge in [0.15, 0.2) is 5.78 Å². The van der Waals surface area contributed by atoms with Crippen LogP contribution in [0.3, 0.4) is 0 Å². The van der Waals surface area contributed by atoms with E-state index in [2.05, 4.69) is 19.2 Å². The van der Waals surface area contributed by atoms with Gasteiger partial charge in [0, 0.05) is 6.04 Å². The number of methoxy groups -OCH3 is 1. The molecule has 0 aliphatic heterocycles. The Balaban J connectivity index is 2.77. The van der Waals surface area contributed by atoms with Gasteiger partial charge in [0.1, 0.15) is 5.75 Å². The van der Waals surface area contributed by atoms with E-state index in [-0.39, 0.29) is 5.78 Å². The first-order valence-electron chi connectivity index (χ1n) is 5.99. The molecule has 1 aromatic rings. The van der Waals surface area contributed by atoms with E-state index >= 15 is 0 Å². The van der Waals surface area contributed by atoms with Crippen molar-refractivity contribution in [3.05, 3.63) is 29.3 Å². The van der Waals surface area contributed by atoms with Crippen LogP contribution in [0.5, 0.6) is 5.75 Å². The van der Waals surface area contributed by atoms with Gasteiger partial charge < -0.3 is 10.1 Å². The summed E-state index contributed by atoms with van der Waals surface area (Å²) >= 11 is 0. The first kappa shape index (κ1) is 13.7. The molecule has 17 heavy (non-hydrogen) atoms. The number of hydrogen-bond acceptors (Lipinski definition) is 3. The molecule has 1 N–H and O–H groups in total. The molecular weight excluding hydrogens is 214 g/mol. The van der Waals surface area contributed by atoms with E-state index in [1.54, 1.807) is 7.11 Å². The Morgan fingerprint density at radius 3 is 2.76 bits per heavy atom. The van der Waals surface area contributed by atoms with Crippen LogP contribution in [0.2, 0.25) is 0 Å². The molecule has 1 unspecified atom stereocenters. The van der Waals surface area contributed by atoms with Crippen molar-refractivity contribution in [2.24, 2.45) is 0 Å². The van der Waals surface area contributed by atoms with Crippen LogP contribution in [0.15, 0.2) is 18.2 Å². The number of Topliss-reactive ketones (excluding diaryl/α,β-unsaturated/α-hetero) is 1. The van der Waals surface area contributed by atoms with Crippen LogP contribution in [0.1, 0.15) is 36.2 Å². The summed E-state index contributed by atoms with van der Waals surface area (Å²) in [5.74, 6) is 0.720. The van der Waals surface area contributed by atoms with Gasteiger partial charge in [-0.05, 0) is 32.4 Å². The van der Waals surface area contributed by atoms with Crippen molar-refractivity contribution in [2.75, 3.05) is 13.7 Å². The number of ketones is 1. The van der Waals surface area contributed by atoms with E-state index in [1.165, 1.54) is 0 Å². The molecule has 1 atom stereocenters. The van der Waals surface area contributed by atoms with Crippen molar-refractivity contribution in [3.63, 3.8) is 0 Å². The third-order valence-electron chi connectivity index (χ3n) is 2.88. The van der Waals surface area contributed by atoms with E-state index < -0.39 is 0 Å². The smallest absolute Gasteiger partial charge is 0.180 e. The summed E-state index contributed by atoms with van der Waals surface area (Å²) in [7, 11) is 1.59. The van der Waals surface area contributed by atoms with E-state index in [0.717, 1.165) is 12.0 Å². The lowest BCUT2D eigenvalue weighted by atomic mass is 10.1. The first-order valence-corrected chi connectivity index (χ1v) is 5.99. The highest BCUT2D eigenvalue weighted by Crippen LogP contribution is 2.19. The van der Waals surface area contributed by atoms with Gasteiger partial charge in [0.05, 0.1) is 19.2 Å². The predicted molar refractivity (Wildman–Crippen MR) is 69.8 cm³/mol. The Kier molecular flexibility index (Phi) is 5.16. The fraction of sp³-hybridized carbons (Fsp3) is 0.500. The van der Waals surface area contributed by atoms with Crippen molar-refractivity contribution in [1.82, 2.24) is 5.32 Å². The second kappa shape index (κ2) is 6.40. The van der Waals surface area contributed by atoms with Gasteiger partial charge in [0.25, 0.3) is 0 Å². The van der Waals surface area contributed by atoms with E-state index in [0.29, 0.717) is 23.9 Å². The summed E-state index contributed by atoms with van der Waals surface area (Å²) in [6.07, 6.45) is 1.01. The molecule has 0 saturated carbocycles. The molecule has 0 radical (unpaired) electrons. The molecule has 0 spiro atoms. The third-order valence-corrected chi connectivity index (χ3v) is 2.88. The van der Waals surface area contributed by atoms with Crippen LogP contribution in [0, 0.1) is 6.92 Å². The molecular formula is C14H21NO2. The average molecular weight is 235 g/mol. The fourth-order valence-corrected chi connectivity index (χ4v) is 1.55. The second-order valence-corrected chi connectivity index (χ2v) is 4.32. The maximum atomic E-state index is 12.1. The summed E-state index contributed by atoms with van der Waals surface area (Å²) in [6.45, 7) is 6.49. The Bertz CT molecular complexity index is 388. The minimum atomic E-state index is 0.0749. The SMILES string of the molecule is CCC(C)NCC(=O)c1cc(C)ccc1OC. The molecule has 1 aromatic carbocycles. The highest BCUT2D eigenvalue weighted by Gasteiger charge is 2.12. The normalized spacial score (nSPS) is 12.2. The Morgan fingerprint density at radius 2 is 2.18 bits per heavy atom. The lowest BCUT2D eigenvalue weighted by molar-refractivity contribution is 0.0984. The second-order valence-electron chi connectivity index (χ2n) is 4.32. The van der Waals surface area contributed by atoms with Crippen LogP contribution < -0.4 is 10.1 Å². The maximum Gasteiger partial charge on any atom is 0.180 e. The maximum absolute atomic E-state index is 12.1. The molecule has 3 heteroatoms. The standard InChI is InChI=1S/C14H21NO2/c1-5-11(3)15-9-13(16)12-8-10(2)6-7-14(12)17-4/h6-8,11,15H,5,9H2,1-4H3. The fourth-order valence-electron chi connectivity index (χ4n) is 1.55. The number of carbonyl (C=O) groups is 1. The lowest BCUT2D eigenvalue weighted by Crippen LogP contribution is -2.31. The van der Waals surface area contributed by atoms with Gasteiger partial charge in [-0.15, -0.1) is 0 Å². The number of nitrogens with one attached hydrogen (secondary N) is 1. The van der Waals surface area contributed by atoms with Gasteiger partial charge in [-0.2, -0.15) is 0 Å². The molecule has 0 bridgehead atoms. The largest absolute Gasteiger partial charge is 0.496 e. The predicted octanol–water partition coefficient (Wildman–Crippen LogP) is 2.57. The summed E-state index contributed by atoms with van der Waals surface area (Å²) in [4.78, 5) is 12.1. The third kappa shape index (κ3) is 3.86.